The monoisotopic (exact) mass is 327 g/mol. The van der Waals surface area contributed by atoms with Gasteiger partial charge in [-0.2, -0.15) is 10.4 Å². The number of carbonyl (C=O) groups excluding carboxylic acids is 1. The predicted molar refractivity (Wildman–Crippen MR) is 92.6 cm³/mol. The summed E-state index contributed by atoms with van der Waals surface area (Å²) in [6, 6.07) is 2.10. The first-order chi connectivity index (χ1) is 11.6. The molecule has 2 heterocycles. The van der Waals surface area contributed by atoms with Crippen LogP contribution in [-0.4, -0.2) is 27.0 Å². The number of unbranched alkanes of at least 4 members (excludes halogenated alkanes) is 3. The van der Waals surface area contributed by atoms with Crippen molar-refractivity contribution in [2.45, 2.75) is 59.3 Å². The zero-order chi connectivity index (χ0) is 17.5. The minimum Gasteiger partial charge on any atom is -0.356 e. The van der Waals surface area contributed by atoms with E-state index >= 15 is 0 Å². The van der Waals surface area contributed by atoms with E-state index in [1.54, 1.807) is 4.52 Å². The van der Waals surface area contributed by atoms with Crippen molar-refractivity contribution in [3.63, 3.8) is 0 Å². The van der Waals surface area contributed by atoms with Crippen molar-refractivity contribution in [2.24, 2.45) is 0 Å². The van der Waals surface area contributed by atoms with Crippen LogP contribution in [-0.2, 0) is 11.2 Å². The number of hydrogen-bond donors (Lipinski definition) is 1. The van der Waals surface area contributed by atoms with Crippen LogP contribution in [0, 0.1) is 25.2 Å². The van der Waals surface area contributed by atoms with E-state index in [1.807, 2.05) is 13.8 Å². The number of rotatable bonds is 8. The fourth-order valence-corrected chi connectivity index (χ4v) is 2.86. The summed E-state index contributed by atoms with van der Waals surface area (Å²) < 4.78 is 1.68. The van der Waals surface area contributed by atoms with Gasteiger partial charge in [-0.05, 0) is 32.3 Å². The molecule has 0 atom stereocenters. The van der Waals surface area contributed by atoms with Crippen molar-refractivity contribution >= 4 is 11.6 Å². The van der Waals surface area contributed by atoms with E-state index in [0.717, 1.165) is 36.3 Å². The maximum Gasteiger partial charge on any atom is 0.220 e. The number of hydrogen-bond acceptors (Lipinski definition) is 4. The number of fused-ring (bicyclic) bond motifs is 1. The van der Waals surface area contributed by atoms with Crippen LogP contribution >= 0.6 is 0 Å². The largest absolute Gasteiger partial charge is 0.356 e. The van der Waals surface area contributed by atoms with Gasteiger partial charge in [0, 0.05) is 24.4 Å². The molecular weight excluding hydrogens is 302 g/mol. The van der Waals surface area contributed by atoms with Gasteiger partial charge in [0.15, 0.2) is 5.65 Å². The van der Waals surface area contributed by atoms with Gasteiger partial charge < -0.3 is 5.32 Å². The van der Waals surface area contributed by atoms with Crippen LogP contribution in [0.3, 0.4) is 0 Å². The Hall–Kier alpha value is -2.42. The molecule has 1 amide bonds. The molecule has 0 saturated heterocycles. The number of nitrogens with zero attached hydrogens (tertiary/aromatic N) is 4. The predicted octanol–water partition coefficient (Wildman–Crippen LogP) is 2.85. The maximum absolute atomic E-state index is 12.0. The minimum absolute atomic E-state index is 0.0728. The fraction of sp³-hybridized carbons (Fsp3) is 0.556. The maximum atomic E-state index is 12.0. The lowest BCUT2D eigenvalue weighted by molar-refractivity contribution is -0.121. The molecule has 2 aromatic rings. The summed E-state index contributed by atoms with van der Waals surface area (Å²) in [5.41, 5.74) is 3.87. The smallest absolute Gasteiger partial charge is 0.220 e. The van der Waals surface area contributed by atoms with Gasteiger partial charge >= 0.3 is 0 Å². The number of aromatic nitrogens is 3. The standard InChI is InChI=1S/C18H25N5O/c1-4-5-6-7-10-20-17(24)9-8-16-13(2)22-18-15(11-19)12-21-23(18)14(16)3/h12H,4-10H2,1-3H3,(H,20,24). The summed E-state index contributed by atoms with van der Waals surface area (Å²) in [6.07, 6.45) is 7.21. The van der Waals surface area contributed by atoms with Gasteiger partial charge in [-0.25, -0.2) is 9.50 Å². The zero-order valence-electron chi connectivity index (χ0n) is 14.7. The average molecular weight is 327 g/mol. The Morgan fingerprint density at radius 3 is 2.83 bits per heavy atom. The third-order valence-corrected chi connectivity index (χ3v) is 4.28. The zero-order valence-corrected chi connectivity index (χ0v) is 14.7. The Balaban J connectivity index is 1.98. The van der Waals surface area contributed by atoms with Crippen LogP contribution in [0.4, 0.5) is 0 Å². The number of nitriles is 1. The average Bonchev–Trinajstić information content (AvgIpc) is 2.97. The van der Waals surface area contributed by atoms with Crippen LogP contribution in [0.15, 0.2) is 6.20 Å². The van der Waals surface area contributed by atoms with Crippen LogP contribution < -0.4 is 5.32 Å². The highest BCUT2D eigenvalue weighted by molar-refractivity contribution is 5.76. The molecule has 6 heteroatoms. The van der Waals surface area contributed by atoms with E-state index in [9.17, 15) is 4.79 Å². The molecular formula is C18H25N5O. The first kappa shape index (κ1) is 17.9. The quantitative estimate of drug-likeness (QED) is 0.756. The third kappa shape index (κ3) is 4.10. The van der Waals surface area contributed by atoms with Gasteiger partial charge in [0.2, 0.25) is 5.91 Å². The third-order valence-electron chi connectivity index (χ3n) is 4.28. The van der Waals surface area contributed by atoms with Gasteiger partial charge in [0.25, 0.3) is 0 Å². The Morgan fingerprint density at radius 2 is 2.12 bits per heavy atom. The van der Waals surface area contributed by atoms with E-state index in [2.05, 4.69) is 28.4 Å². The van der Waals surface area contributed by atoms with Crippen molar-refractivity contribution in [3.8, 4) is 6.07 Å². The molecule has 2 rings (SSSR count). The molecule has 0 spiro atoms. The summed E-state index contributed by atoms with van der Waals surface area (Å²) in [4.78, 5) is 16.5. The van der Waals surface area contributed by atoms with Crippen LogP contribution in [0.5, 0.6) is 0 Å². The van der Waals surface area contributed by atoms with Crippen LogP contribution in [0.2, 0.25) is 0 Å². The topological polar surface area (TPSA) is 83.1 Å². The molecule has 1 N–H and O–H groups in total. The van der Waals surface area contributed by atoms with Gasteiger partial charge in [0.1, 0.15) is 11.6 Å². The second kappa shape index (κ2) is 8.44. The van der Waals surface area contributed by atoms with Crippen molar-refractivity contribution in [1.29, 1.82) is 5.26 Å². The Kier molecular flexibility index (Phi) is 6.30. The number of carbonyl (C=O) groups is 1. The lowest BCUT2D eigenvalue weighted by atomic mass is 10.1. The first-order valence-electron chi connectivity index (χ1n) is 8.59. The lowest BCUT2D eigenvalue weighted by Crippen LogP contribution is -2.25. The Bertz CT molecular complexity index is 757. The molecule has 0 aliphatic heterocycles. The Labute approximate surface area is 142 Å². The van der Waals surface area contributed by atoms with E-state index in [1.165, 1.54) is 19.0 Å². The first-order valence-corrected chi connectivity index (χ1v) is 8.59. The number of aryl methyl sites for hydroxylation is 2. The van der Waals surface area contributed by atoms with E-state index < -0.39 is 0 Å². The highest BCUT2D eigenvalue weighted by atomic mass is 16.1. The molecule has 6 nitrogen and oxygen atoms in total. The van der Waals surface area contributed by atoms with E-state index in [0.29, 0.717) is 24.1 Å². The summed E-state index contributed by atoms with van der Waals surface area (Å²) in [7, 11) is 0. The molecule has 128 valence electrons. The van der Waals surface area contributed by atoms with Gasteiger partial charge in [-0.3, -0.25) is 4.79 Å². The second-order valence-electron chi connectivity index (χ2n) is 6.08. The molecule has 0 bridgehead atoms. The highest BCUT2D eigenvalue weighted by Crippen LogP contribution is 2.18. The van der Waals surface area contributed by atoms with Crippen molar-refractivity contribution in [1.82, 2.24) is 19.9 Å². The molecule has 0 aliphatic carbocycles. The minimum atomic E-state index is 0.0728. The second-order valence-corrected chi connectivity index (χ2v) is 6.08. The molecule has 2 aromatic heterocycles. The summed E-state index contributed by atoms with van der Waals surface area (Å²) >= 11 is 0. The van der Waals surface area contributed by atoms with Gasteiger partial charge in [-0.15, -0.1) is 0 Å². The van der Waals surface area contributed by atoms with E-state index in [4.69, 9.17) is 5.26 Å². The summed E-state index contributed by atoms with van der Waals surface area (Å²) in [5, 5.41) is 16.3. The molecule has 0 saturated carbocycles. The number of amides is 1. The summed E-state index contributed by atoms with van der Waals surface area (Å²) in [6.45, 7) is 6.79. The van der Waals surface area contributed by atoms with Crippen molar-refractivity contribution in [2.75, 3.05) is 6.54 Å². The van der Waals surface area contributed by atoms with Crippen molar-refractivity contribution < 1.29 is 4.79 Å². The molecule has 0 radical (unpaired) electrons. The number of nitrogens with one attached hydrogen (secondary N) is 1. The van der Waals surface area contributed by atoms with E-state index in [-0.39, 0.29) is 5.91 Å². The highest BCUT2D eigenvalue weighted by Gasteiger charge is 2.14. The Morgan fingerprint density at radius 1 is 1.33 bits per heavy atom. The molecule has 0 unspecified atom stereocenters. The normalized spacial score (nSPS) is 10.8. The molecule has 0 fully saturated rings. The molecule has 24 heavy (non-hydrogen) atoms. The van der Waals surface area contributed by atoms with Crippen LogP contribution in [0.25, 0.3) is 5.65 Å². The van der Waals surface area contributed by atoms with Crippen LogP contribution in [0.1, 0.15) is 61.5 Å². The molecule has 0 aromatic carbocycles. The lowest BCUT2D eigenvalue weighted by Gasteiger charge is -2.11. The molecule has 0 aliphatic rings. The summed E-state index contributed by atoms with van der Waals surface area (Å²) in [5.74, 6) is 0.0728. The SMILES string of the molecule is CCCCCCNC(=O)CCc1c(C)nc2c(C#N)cnn2c1C. The van der Waals surface area contributed by atoms with Gasteiger partial charge in [0.05, 0.1) is 6.20 Å². The fourth-order valence-electron chi connectivity index (χ4n) is 2.86. The van der Waals surface area contributed by atoms with Crippen molar-refractivity contribution in [3.05, 3.63) is 28.7 Å². The van der Waals surface area contributed by atoms with Gasteiger partial charge in [-0.1, -0.05) is 26.2 Å².